The van der Waals surface area contributed by atoms with Crippen LogP contribution in [-0.2, 0) is 0 Å². The quantitative estimate of drug-likeness (QED) is 0.853. The molecule has 1 amide bonds. The summed E-state index contributed by atoms with van der Waals surface area (Å²) in [4.78, 5) is 16.9. The molecule has 0 bridgehead atoms. The largest absolute Gasteiger partial charge is 0.336 e. The Morgan fingerprint density at radius 1 is 1.29 bits per heavy atom. The van der Waals surface area contributed by atoms with Crippen molar-refractivity contribution >= 4 is 5.91 Å². The van der Waals surface area contributed by atoms with Gasteiger partial charge in [0.1, 0.15) is 0 Å². The van der Waals surface area contributed by atoms with Crippen molar-refractivity contribution in [3.05, 3.63) is 35.4 Å². The van der Waals surface area contributed by atoms with Gasteiger partial charge in [0.25, 0.3) is 5.91 Å². The van der Waals surface area contributed by atoms with Crippen molar-refractivity contribution in [3.8, 4) is 6.07 Å². The Morgan fingerprint density at radius 2 is 2.00 bits per heavy atom. The number of amides is 1. The van der Waals surface area contributed by atoms with Crippen LogP contribution in [0.25, 0.3) is 0 Å². The van der Waals surface area contributed by atoms with Crippen LogP contribution in [0, 0.1) is 17.2 Å². The lowest BCUT2D eigenvalue weighted by Gasteiger charge is -2.38. The van der Waals surface area contributed by atoms with Gasteiger partial charge in [0, 0.05) is 37.8 Å². The Kier molecular flexibility index (Phi) is 3.94. The number of nitriles is 1. The summed E-state index contributed by atoms with van der Waals surface area (Å²) in [6, 6.07) is 9.72. The molecule has 2 fully saturated rings. The number of benzene rings is 1. The summed E-state index contributed by atoms with van der Waals surface area (Å²) in [5.74, 6) is 0.922. The second-order valence-corrected chi connectivity index (χ2v) is 6.10. The summed E-state index contributed by atoms with van der Waals surface area (Å²) in [5.41, 5.74) is 1.17. The van der Waals surface area contributed by atoms with Crippen molar-refractivity contribution in [3.63, 3.8) is 0 Å². The van der Waals surface area contributed by atoms with Crippen molar-refractivity contribution in [2.75, 3.05) is 26.2 Å². The minimum atomic E-state index is 0.0471. The van der Waals surface area contributed by atoms with Gasteiger partial charge in [0.15, 0.2) is 0 Å². The Labute approximate surface area is 126 Å². The third-order valence-corrected chi connectivity index (χ3v) is 4.72. The molecule has 0 N–H and O–H groups in total. The molecule has 1 aliphatic heterocycles. The number of carbonyl (C=O) groups excluding carboxylic acids is 1. The van der Waals surface area contributed by atoms with Gasteiger partial charge in [0.05, 0.1) is 11.6 Å². The van der Waals surface area contributed by atoms with Crippen LogP contribution in [0.3, 0.4) is 0 Å². The smallest absolute Gasteiger partial charge is 0.253 e. The molecule has 1 unspecified atom stereocenters. The van der Waals surface area contributed by atoms with E-state index in [0.29, 0.717) is 17.2 Å². The zero-order valence-electron chi connectivity index (χ0n) is 12.5. The molecule has 4 heteroatoms. The average molecular weight is 283 g/mol. The molecule has 4 nitrogen and oxygen atoms in total. The van der Waals surface area contributed by atoms with E-state index in [1.807, 2.05) is 4.90 Å². The second-order valence-electron chi connectivity index (χ2n) is 6.10. The summed E-state index contributed by atoms with van der Waals surface area (Å²) in [6.45, 7) is 5.80. The summed E-state index contributed by atoms with van der Waals surface area (Å²) < 4.78 is 0. The Balaban J connectivity index is 1.60. The Hall–Kier alpha value is -1.86. The van der Waals surface area contributed by atoms with Crippen LogP contribution in [-0.4, -0.2) is 47.9 Å². The van der Waals surface area contributed by atoms with Gasteiger partial charge in [-0.15, -0.1) is 0 Å². The molecule has 110 valence electrons. The zero-order valence-corrected chi connectivity index (χ0v) is 12.5. The highest BCUT2D eigenvalue weighted by Gasteiger charge is 2.34. The van der Waals surface area contributed by atoms with E-state index in [4.69, 9.17) is 5.26 Å². The summed E-state index contributed by atoms with van der Waals surface area (Å²) >= 11 is 0. The molecule has 21 heavy (non-hydrogen) atoms. The number of hydrogen-bond acceptors (Lipinski definition) is 3. The van der Waals surface area contributed by atoms with E-state index in [9.17, 15) is 4.79 Å². The summed E-state index contributed by atoms with van der Waals surface area (Å²) in [7, 11) is 0. The van der Waals surface area contributed by atoms with Crippen molar-refractivity contribution in [1.82, 2.24) is 9.80 Å². The molecule has 0 aromatic heterocycles. The SMILES string of the molecule is CC(C1CC1)N1CCN(C(=O)c2cccc(C#N)c2)CC1. The number of piperazine rings is 1. The van der Waals surface area contributed by atoms with Crippen molar-refractivity contribution in [1.29, 1.82) is 5.26 Å². The molecule has 1 saturated heterocycles. The molecule has 1 aromatic carbocycles. The van der Waals surface area contributed by atoms with E-state index in [2.05, 4.69) is 17.9 Å². The fourth-order valence-electron chi connectivity index (χ4n) is 3.11. The van der Waals surface area contributed by atoms with Crippen LogP contribution < -0.4 is 0 Å². The number of carbonyl (C=O) groups is 1. The highest BCUT2D eigenvalue weighted by atomic mass is 16.2. The predicted molar refractivity (Wildman–Crippen MR) is 80.8 cm³/mol. The first-order chi connectivity index (χ1) is 10.2. The lowest BCUT2D eigenvalue weighted by Crippen LogP contribution is -2.51. The lowest BCUT2D eigenvalue weighted by atomic mass is 10.1. The van der Waals surface area contributed by atoms with Gasteiger partial charge in [-0.25, -0.2) is 0 Å². The van der Waals surface area contributed by atoms with Gasteiger partial charge in [-0.1, -0.05) is 6.07 Å². The third kappa shape index (κ3) is 3.08. The molecule has 1 aliphatic carbocycles. The highest BCUT2D eigenvalue weighted by Crippen LogP contribution is 2.35. The van der Waals surface area contributed by atoms with Crippen LogP contribution in [0.1, 0.15) is 35.7 Å². The van der Waals surface area contributed by atoms with Crippen LogP contribution >= 0.6 is 0 Å². The maximum Gasteiger partial charge on any atom is 0.253 e. The molecule has 1 heterocycles. The monoisotopic (exact) mass is 283 g/mol. The average Bonchev–Trinajstić information content (AvgIpc) is 3.38. The van der Waals surface area contributed by atoms with E-state index in [1.54, 1.807) is 24.3 Å². The molecular weight excluding hydrogens is 262 g/mol. The van der Waals surface area contributed by atoms with Crippen LogP contribution in [0.15, 0.2) is 24.3 Å². The topological polar surface area (TPSA) is 47.3 Å². The van der Waals surface area contributed by atoms with E-state index in [1.165, 1.54) is 12.8 Å². The fraction of sp³-hybridized carbons (Fsp3) is 0.529. The highest BCUT2D eigenvalue weighted by molar-refractivity contribution is 5.94. The van der Waals surface area contributed by atoms with E-state index < -0.39 is 0 Å². The van der Waals surface area contributed by atoms with Gasteiger partial charge in [0.2, 0.25) is 0 Å². The maximum absolute atomic E-state index is 12.5. The summed E-state index contributed by atoms with van der Waals surface area (Å²) in [5, 5.41) is 8.93. The molecule has 2 aliphatic rings. The van der Waals surface area contributed by atoms with E-state index >= 15 is 0 Å². The maximum atomic E-state index is 12.5. The van der Waals surface area contributed by atoms with Crippen molar-refractivity contribution < 1.29 is 4.79 Å². The Morgan fingerprint density at radius 3 is 2.62 bits per heavy atom. The van der Waals surface area contributed by atoms with Gasteiger partial charge >= 0.3 is 0 Å². The van der Waals surface area contributed by atoms with E-state index in [0.717, 1.165) is 32.1 Å². The van der Waals surface area contributed by atoms with Gasteiger partial charge < -0.3 is 4.90 Å². The van der Waals surface area contributed by atoms with Crippen LogP contribution in [0.2, 0.25) is 0 Å². The summed E-state index contributed by atoms with van der Waals surface area (Å²) in [6.07, 6.45) is 2.72. The van der Waals surface area contributed by atoms with Crippen LogP contribution in [0.4, 0.5) is 0 Å². The first-order valence-electron chi connectivity index (χ1n) is 7.72. The van der Waals surface area contributed by atoms with E-state index in [-0.39, 0.29) is 5.91 Å². The van der Waals surface area contributed by atoms with Crippen molar-refractivity contribution in [2.45, 2.75) is 25.8 Å². The zero-order chi connectivity index (χ0) is 14.8. The molecule has 1 atom stereocenters. The van der Waals surface area contributed by atoms with Crippen molar-refractivity contribution in [2.24, 2.45) is 5.92 Å². The molecule has 0 spiro atoms. The minimum absolute atomic E-state index is 0.0471. The van der Waals surface area contributed by atoms with Crippen LogP contribution in [0.5, 0.6) is 0 Å². The van der Waals surface area contributed by atoms with Gasteiger partial charge in [-0.05, 0) is 43.9 Å². The molecule has 1 aromatic rings. The number of hydrogen-bond donors (Lipinski definition) is 0. The second kappa shape index (κ2) is 5.87. The minimum Gasteiger partial charge on any atom is -0.336 e. The first kappa shape index (κ1) is 14.1. The third-order valence-electron chi connectivity index (χ3n) is 4.72. The molecule has 1 saturated carbocycles. The first-order valence-corrected chi connectivity index (χ1v) is 7.72. The van der Waals surface area contributed by atoms with Gasteiger partial charge in [-0.2, -0.15) is 5.26 Å². The molecule has 3 rings (SSSR count). The predicted octanol–water partition coefficient (Wildman–Crippen LogP) is 2.11. The molecular formula is C17H21N3O. The molecule has 0 radical (unpaired) electrons. The standard InChI is InChI=1S/C17H21N3O/c1-13(15-5-6-15)19-7-9-20(10-8-19)17(21)16-4-2-3-14(11-16)12-18/h2-4,11,13,15H,5-10H2,1H3. The Bertz CT molecular complexity index is 566. The normalized spacial score (nSPS) is 20.9. The fourth-order valence-corrected chi connectivity index (χ4v) is 3.11. The van der Waals surface area contributed by atoms with Gasteiger partial charge in [-0.3, -0.25) is 9.69 Å². The number of rotatable bonds is 3. The number of nitrogens with zero attached hydrogens (tertiary/aromatic N) is 3. The lowest BCUT2D eigenvalue weighted by molar-refractivity contribution is 0.0564.